The summed E-state index contributed by atoms with van der Waals surface area (Å²) in [7, 11) is 1.80. The molecule has 2 saturated heterocycles. The lowest BCUT2D eigenvalue weighted by atomic mass is 9.88. The Morgan fingerprint density at radius 1 is 0.786 bits per heavy atom. The van der Waals surface area contributed by atoms with Gasteiger partial charge in [-0.15, -0.1) is 0 Å². The van der Waals surface area contributed by atoms with E-state index in [1.165, 1.54) is 24.3 Å². The number of rotatable bonds is 2. The molecule has 0 spiro atoms. The molecule has 2 heterocycles. The Balaban J connectivity index is 1.86. The van der Waals surface area contributed by atoms with Crippen LogP contribution in [-0.4, -0.2) is 29.8 Å². The molecule has 2 aromatic rings. The van der Waals surface area contributed by atoms with E-state index in [9.17, 15) is 22.4 Å². The minimum atomic E-state index is -0.770. The van der Waals surface area contributed by atoms with Crippen LogP contribution in [0, 0.1) is 23.3 Å². The fourth-order valence-corrected chi connectivity index (χ4v) is 4.09. The second kappa shape index (κ2) is 7.02. The Morgan fingerprint density at radius 2 is 1.14 bits per heavy atom. The van der Waals surface area contributed by atoms with Gasteiger partial charge in [-0.25, -0.2) is 17.6 Å². The topological polar surface area (TPSA) is 20.3 Å². The van der Waals surface area contributed by atoms with Crippen molar-refractivity contribution in [1.82, 2.24) is 4.90 Å². The van der Waals surface area contributed by atoms with Crippen molar-refractivity contribution in [3.05, 3.63) is 81.9 Å². The molecule has 0 saturated carbocycles. The number of halogens is 4. The highest BCUT2D eigenvalue weighted by molar-refractivity contribution is 6.16. The molecule has 2 bridgehead atoms. The zero-order valence-electron chi connectivity index (χ0n) is 15.1. The van der Waals surface area contributed by atoms with E-state index in [-0.39, 0.29) is 34.4 Å². The molecule has 0 amide bonds. The van der Waals surface area contributed by atoms with Crippen LogP contribution in [-0.2, 0) is 4.79 Å². The number of Topliss-reactive ketones (excluding diaryl/α,β-unsaturated/α-hetero) is 1. The van der Waals surface area contributed by atoms with Gasteiger partial charge in [-0.05, 0) is 56.3 Å². The van der Waals surface area contributed by atoms with Gasteiger partial charge in [0, 0.05) is 34.4 Å². The van der Waals surface area contributed by atoms with E-state index in [4.69, 9.17) is 0 Å². The van der Waals surface area contributed by atoms with Gasteiger partial charge in [0.15, 0.2) is 5.78 Å². The first-order chi connectivity index (χ1) is 13.4. The van der Waals surface area contributed by atoms with Gasteiger partial charge in [0.1, 0.15) is 23.3 Å². The van der Waals surface area contributed by atoms with Gasteiger partial charge in [0.05, 0.1) is 0 Å². The Kier molecular flexibility index (Phi) is 4.67. The first-order valence-corrected chi connectivity index (χ1v) is 8.96. The molecule has 0 radical (unpaired) electrons. The average Bonchev–Trinajstić information content (AvgIpc) is 2.95. The maximum atomic E-state index is 14.1. The maximum Gasteiger partial charge on any atom is 0.188 e. The van der Waals surface area contributed by atoms with Crippen molar-refractivity contribution >= 4 is 17.9 Å². The lowest BCUT2D eigenvalue weighted by Gasteiger charge is -2.34. The number of carbonyl (C=O) groups excluding carboxylic acids is 1. The van der Waals surface area contributed by atoms with Crippen LogP contribution >= 0.6 is 0 Å². The normalized spacial score (nSPS) is 25.1. The van der Waals surface area contributed by atoms with Crippen molar-refractivity contribution in [1.29, 1.82) is 0 Å². The summed E-state index contributed by atoms with van der Waals surface area (Å²) < 4.78 is 56.4. The third kappa shape index (κ3) is 2.98. The fraction of sp³-hybridized carbons (Fsp3) is 0.227. The SMILES string of the molecule is CN1C2CCC1C(=Cc1c(F)cccc1F)C(=O)C2=Cc1c(F)cccc1F. The van der Waals surface area contributed by atoms with Gasteiger partial charge < -0.3 is 0 Å². The van der Waals surface area contributed by atoms with Gasteiger partial charge in [0.2, 0.25) is 0 Å². The molecule has 4 rings (SSSR count). The summed E-state index contributed by atoms with van der Waals surface area (Å²) in [5, 5.41) is 0. The van der Waals surface area contributed by atoms with E-state index in [0.29, 0.717) is 12.8 Å². The molecule has 2 fully saturated rings. The highest BCUT2D eigenvalue weighted by Crippen LogP contribution is 2.41. The number of fused-ring (bicyclic) bond motifs is 2. The van der Waals surface area contributed by atoms with Gasteiger partial charge >= 0.3 is 0 Å². The molecule has 2 atom stereocenters. The average molecular weight is 387 g/mol. The summed E-state index contributed by atoms with van der Waals surface area (Å²) >= 11 is 0. The minimum absolute atomic E-state index is 0.225. The van der Waals surface area contributed by atoms with Crippen LogP contribution in [0.1, 0.15) is 24.0 Å². The van der Waals surface area contributed by atoms with Crippen molar-refractivity contribution < 1.29 is 22.4 Å². The van der Waals surface area contributed by atoms with Crippen molar-refractivity contribution in [3.63, 3.8) is 0 Å². The number of likely N-dealkylation sites (N-methyl/N-ethyl adjacent to an activating group) is 1. The maximum absolute atomic E-state index is 14.1. The molecule has 2 aliphatic rings. The first kappa shape index (κ1) is 18.6. The van der Waals surface area contributed by atoms with Gasteiger partial charge in [-0.2, -0.15) is 0 Å². The lowest BCUT2D eigenvalue weighted by molar-refractivity contribution is -0.114. The summed E-state index contributed by atoms with van der Waals surface area (Å²) in [5.74, 6) is -3.51. The van der Waals surface area contributed by atoms with E-state index < -0.39 is 29.1 Å². The zero-order valence-corrected chi connectivity index (χ0v) is 15.1. The third-order valence-electron chi connectivity index (χ3n) is 5.54. The van der Waals surface area contributed by atoms with Crippen LogP contribution in [0.5, 0.6) is 0 Å². The van der Waals surface area contributed by atoms with E-state index in [0.717, 1.165) is 24.3 Å². The number of ketones is 1. The van der Waals surface area contributed by atoms with Crippen LogP contribution in [0.15, 0.2) is 47.5 Å². The summed E-state index contributed by atoms with van der Waals surface area (Å²) in [4.78, 5) is 15.0. The molecule has 0 aliphatic carbocycles. The minimum Gasteiger partial charge on any atom is -0.292 e. The fourth-order valence-electron chi connectivity index (χ4n) is 4.09. The highest BCUT2D eigenvalue weighted by atomic mass is 19.1. The molecule has 0 N–H and O–H groups in total. The smallest absolute Gasteiger partial charge is 0.188 e. The number of piperidine rings is 1. The molecular formula is C22H17F4NO. The molecule has 2 nitrogen and oxygen atoms in total. The largest absolute Gasteiger partial charge is 0.292 e. The van der Waals surface area contributed by atoms with Crippen LogP contribution in [0.3, 0.4) is 0 Å². The Morgan fingerprint density at radius 3 is 1.50 bits per heavy atom. The second-order valence-electron chi connectivity index (χ2n) is 7.07. The van der Waals surface area contributed by atoms with Crippen molar-refractivity contribution in [3.8, 4) is 0 Å². The first-order valence-electron chi connectivity index (χ1n) is 8.96. The lowest BCUT2D eigenvalue weighted by Crippen LogP contribution is -2.43. The predicted molar refractivity (Wildman–Crippen MR) is 98.3 cm³/mol. The highest BCUT2D eigenvalue weighted by Gasteiger charge is 2.45. The quantitative estimate of drug-likeness (QED) is 0.547. The molecule has 6 heteroatoms. The van der Waals surface area contributed by atoms with E-state index in [1.54, 1.807) is 7.05 Å². The predicted octanol–water partition coefficient (Wildman–Crippen LogP) is 4.76. The van der Waals surface area contributed by atoms with Crippen LogP contribution in [0.2, 0.25) is 0 Å². The Labute approximate surface area is 159 Å². The number of carbonyl (C=O) groups is 1. The Bertz CT molecular complexity index is 907. The van der Waals surface area contributed by atoms with Crippen molar-refractivity contribution in [2.45, 2.75) is 24.9 Å². The van der Waals surface area contributed by atoms with Gasteiger partial charge in [-0.3, -0.25) is 9.69 Å². The number of hydrogen-bond acceptors (Lipinski definition) is 2. The molecule has 2 unspecified atom stereocenters. The van der Waals surface area contributed by atoms with Crippen molar-refractivity contribution in [2.24, 2.45) is 0 Å². The van der Waals surface area contributed by atoms with Gasteiger partial charge in [0.25, 0.3) is 0 Å². The summed E-state index contributed by atoms with van der Waals surface area (Å²) in [5.41, 5.74) is -0.131. The Hall–Kier alpha value is -2.73. The molecule has 28 heavy (non-hydrogen) atoms. The van der Waals surface area contributed by atoms with E-state index in [1.807, 2.05) is 4.90 Å². The molecule has 0 aromatic heterocycles. The standard InChI is InChI=1S/C22H17F4NO/c1-27-20-8-9-21(27)15(11-13-18(25)6-3-7-19(13)26)22(28)14(20)10-12-16(23)4-2-5-17(12)24/h2-7,10-11,20-21H,8-9H2,1H3. The summed E-state index contributed by atoms with van der Waals surface area (Å²) in [6, 6.07) is 6.40. The van der Waals surface area contributed by atoms with E-state index >= 15 is 0 Å². The summed E-state index contributed by atoms with van der Waals surface area (Å²) in [6.07, 6.45) is 3.68. The molecular weight excluding hydrogens is 370 g/mol. The monoisotopic (exact) mass is 387 g/mol. The van der Waals surface area contributed by atoms with Crippen LogP contribution in [0.25, 0.3) is 12.2 Å². The van der Waals surface area contributed by atoms with Crippen molar-refractivity contribution in [2.75, 3.05) is 7.05 Å². The summed E-state index contributed by atoms with van der Waals surface area (Å²) in [6.45, 7) is 0. The molecule has 2 aliphatic heterocycles. The number of benzene rings is 2. The van der Waals surface area contributed by atoms with Crippen LogP contribution in [0.4, 0.5) is 17.6 Å². The number of nitrogens with zero attached hydrogens (tertiary/aromatic N) is 1. The second-order valence-corrected chi connectivity index (χ2v) is 7.07. The zero-order chi connectivity index (χ0) is 20.0. The van der Waals surface area contributed by atoms with Crippen LogP contribution < -0.4 is 0 Å². The van der Waals surface area contributed by atoms with Gasteiger partial charge in [-0.1, -0.05) is 12.1 Å². The van der Waals surface area contributed by atoms with E-state index in [2.05, 4.69) is 0 Å². The molecule has 144 valence electrons. The third-order valence-corrected chi connectivity index (χ3v) is 5.54. The number of hydrogen-bond donors (Lipinski definition) is 0. The molecule has 2 aromatic carbocycles.